The Labute approximate surface area is 108 Å². The summed E-state index contributed by atoms with van der Waals surface area (Å²) in [4.78, 5) is 11.4. The van der Waals surface area contributed by atoms with Gasteiger partial charge in [-0.1, -0.05) is 23.6 Å². The SMILES string of the molecule is C#CCNC(=O)COc1ccc(C)cc1[C@@H](C)N. The van der Waals surface area contributed by atoms with Gasteiger partial charge in [-0.05, 0) is 19.9 Å². The maximum atomic E-state index is 11.4. The molecule has 0 heterocycles. The van der Waals surface area contributed by atoms with Crippen LogP contribution in [0.1, 0.15) is 24.1 Å². The molecule has 0 fully saturated rings. The van der Waals surface area contributed by atoms with Crippen molar-refractivity contribution in [3.63, 3.8) is 0 Å². The van der Waals surface area contributed by atoms with Crippen LogP contribution in [0, 0.1) is 19.3 Å². The molecule has 1 atom stereocenters. The second-order valence-electron chi connectivity index (χ2n) is 4.10. The predicted molar refractivity (Wildman–Crippen MR) is 71.1 cm³/mol. The van der Waals surface area contributed by atoms with Gasteiger partial charge >= 0.3 is 0 Å². The van der Waals surface area contributed by atoms with Crippen LogP contribution in [-0.4, -0.2) is 19.1 Å². The van der Waals surface area contributed by atoms with E-state index in [1.807, 2.05) is 32.0 Å². The van der Waals surface area contributed by atoms with E-state index < -0.39 is 0 Å². The van der Waals surface area contributed by atoms with E-state index in [0.717, 1.165) is 11.1 Å². The molecule has 1 aromatic rings. The lowest BCUT2D eigenvalue weighted by molar-refractivity contribution is -0.122. The Kier molecular flexibility index (Phi) is 5.22. The van der Waals surface area contributed by atoms with E-state index in [9.17, 15) is 4.79 Å². The first kappa shape index (κ1) is 14.1. The van der Waals surface area contributed by atoms with E-state index >= 15 is 0 Å². The van der Waals surface area contributed by atoms with Gasteiger partial charge in [0.2, 0.25) is 0 Å². The molecular weight excluding hydrogens is 228 g/mol. The van der Waals surface area contributed by atoms with E-state index in [1.54, 1.807) is 0 Å². The zero-order valence-electron chi connectivity index (χ0n) is 10.7. The minimum atomic E-state index is -0.246. The summed E-state index contributed by atoms with van der Waals surface area (Å²) in [6.07, 6.45) is 5.04. The van der Waals surface area contributed by atoms with Crippen molar-refractivity contribution in [3.8, 4) is 18.1 Å². The fourth-order valence-electron chi connectivity index (χ4n) is 1.50. The van der Waals surface area contributed by atoms with Gasteiger partial charge in [0.15, 0.2) is 6.61 Å². The lowest BCUT2D eigenvalue weighted by Crippen LogP contribution is -2.29. The van der Waals surface area contributed by atoms with Crippen LogP contribution in [0.3, 0.4) is 0 Å². The highest BCUT2D eigenvalue weighted by molar-refractivity contribution is 5.77. The van der Waals surface area contributed by atoms with Gasteiger partial charge < -0.3 is 15.8 Å². The first-order valence-electron chi connectivity index (χ1n) is 5.73. The second-order valence-corrected chi connectivity index (χ2v) is 4.10. The molecular formula is C14H18N2O2. The quantitative estimate of drug-likeness (QED) is 0.766. The van der Waals surface area contributed by atoms with Crippen LogP contribution >= 0.6 is 0 Å². The topological polar surface area (TPSA) is 64.3 Å². The number of hydrogen-bond acceptors (Lipinski definition) is 3. The van der Waals surface area contributed by atoms with Gasteiger partial charge in [0.05, 0.1) is 6.54 Å². The fourth-order valence-corrected chi connectivity index (χ4v) is 1.50. The van der Waals surface area contributed by atoms with Gasteiger partial charge in [-0.3, -0.25) is 4.79 Å². The minimum absolute atomic E-state index is 0.0650. The molecule has 0 saturated heterocycles. The molecule has 4 nitrogen and oxygen atoms in total. The first-order chi connectivity index (χ1) is 8.54. The summed E-state index contributed by atoms with van der Waals surface area (Å²) in [5, 5.41) is 2.53. The lowest BCUT2D eigenvalue weighted by atomic mass is 10.1. The molecule has 0 bridgehead atoms. The summed E-state index contributed by atoms with van der Waals surface area (Å²) >= 11 is 0. The normalized spacial score (nSPS) is 11.4. The molecule has 0 aliphatic rings. The van der Waals surface area contributed by atoms with Crippen LogP contribution in [0.5, 0.6) is 5.75 Å². The van der Waals surface area contributed by atoms with Crippen molar-refractivity contribution in [3.05, 3.63) is 29.3 Å². The molecule has 0 aliphatic heterocycles. The maximum Gasteiger partial charge on any atom is 0.258 e. The Morgan fingerprint density at radius 2 is 2.33 bits per heavy atom. The van der Waals surface area contributed by atoms with E-state index in [-0.39, 0.29) is 25.1 Å². The lowest BCUT2D eigenvalue weighted by Gasteiger charge is -2.14. The number of carbonyl (C=O) groups is 1. The van der Waals surface area contributed by atoms with E-state index in [4.69, 9.17) is 16.9 Å². The summed E-state index contributed by atoms with van der Waals surface area (Å²) in [5.74, 6) is 2.71. The molecule has 3 N–H and O–H groups in total. The summed E-state index contributed by atoms with van der Waals surface area (Å²) in [6, 6.07) is 5.55. The minimum Gasteiger partial charge on any atom is -0.483 e. The van der Waals surface area contributed by atoms with Crippen molar-refractivity contribution in [2.75, 3.05) is 13.2 Å². The molecule has 18 heavy (non-hydrogen) atoms. The highest BCUT2D eigenvalue weighted by atomic mass is 16.5. The van der Waals surface area contributed by atoms with Crippen LogP contribution in [0.4, 0.5) is 0 Å². The van der Waals surface area contributed by atoms with Crippen LogP contribution < -0.4 is 15.8 Å². The average molecular weight is 246 g/mol. The van der Waals surface area contributed by atoms with Crippen molar-refractivity contribution < 1.29 is 9.53 Å². The zero-order valence-corrected chi connectivity index (χ0v) is 10.7. The van der Waals surface area contributed by atoms with Crippen molar-refractivity contribution in [2.45, 2.75) is 19.9 Å². The zero-order chi connectivity index (χ0) is 13.5. The van der Waals surface area contributed by atoms with Gasteiger partial charge in [-0.25, -0.2) is 0 Å². The molecule has 4 heteroatoms. The number of benzene rings is 1. The summed E-state index contributed by atoms with van der Waals surface area (Å²) in [7, 11) is 0. The summed E-state index contributed by atoms with van der Waals surface area (Å²) in [6.45, 7) is 4.00. The Morgan fingerprint density at radius 1 is 1.61 bits per heavy atom. The number of ether oxygens (including phenoxy) is 1. The average Bonchev–Trinajstić information content (AvgIpc) is 2.34. The molecule has 0 unspecified atom stereocenters. The highest BCUT2D eigenvalue weighted by Gasteiger charge is 2.10. The Bertz CT molecular complexity index is 461. The highest BCUT2D eigenvalue weighted by Crippen LogP contribution is 2.24. The third-order valence-corrected chi connectivity index (χ3v) is 2.40. The molecule has 1 amide bonds. The third-order valence-electron chi connectivity index (χ3n) is 2.40. The second kappa shape index (κ2) is 6.67. The van der Waals surface area contributed by atoms with Crippen LogP contribution in [-0.2, 0) is 4.79 Å². The summed E-state index contributed by atoms with van der Waals surface area (Å²) < 4.78 is 5.45. The predicted octanol–water partition coefficient (Wildman–Crippen LogP) is 1.14. The van der Waals surface area contributed by atoms with Crippen LogP contribution in [0.25, 0.3) is 0 Å². The third kappa shape index (κ3) is 4.11. The number of aryl methyl sites for hydroxylation is 1. The van der Waals surface area contributed by atoms with Gasteiger partial charge in [0, 0.05) is 11.6 Å². The van der Waals surface area contributed by atoms with E-state index in [1.165, 1.54) is 0 Å². The smallest absolute Gasteiger partial charge is 0.258 e. The van der Waals surface area contributed by atoms with Crippen LogP contribution in [0.15, 0.2) is 18.2 Å². The number of rotatable bonds is 5. The number of nitrogens with two attached hydrogens (primary N) is 1. The van der Waals surface area contributed by atoms with E-state index in [2.05, 4.69) is 11.2 Å². The molecule has 0 saturated carbocycles. The Morgan fingerprint density at radius 3 is 2.94 bits per heavy atom. The number of hydrogen-bond donors (Lipinski definition) is 2. The Balaban J connectivity index is 2.67. The van der Waals surface area contributed by atoms with Crippen LogP contribution in [0.2, 0.25) is 0 Å². The number of carbonyl (C=O) groups excluding carboxylic acids is 1. The van der Waals surface area contributed by atoms with Gasteiger partial charge in [0.1, 0.15) is 5.75 Å². The molecule has 0 aliphatic carbocycles. The van der Waals surface area contributed by atoms with Gasteiger partial charge in [-0.15, -0.1) is 6.42 Å². The van der Waals surface area contributed by atoms with Crippen molar-refractivity contribution in [1.82, 2.24) is 5.32 Å². The van der Waals surface area contributed by atoms with Gasteiger partial charge in [0.25, 0.3) is 5.91 Å². The summed E-state index contributed by atoms with van der Waals surface area (Å²) in [5.41, 5.74) is 7.85. The molecule has 0 spiro atoms. The molecule has 96 valence electrons. The van der Waals surface area contributed by atoms with Crippen molar-refractivity contribution in [1.29, 1.82) is 0 Å². The first-order valence-corrected chi connectivity index (χ1v) is 5.73. The number of amides is 1. The molecule has 1 aromatic carbocycles. The number of terminal acetylenes is 1. The van der Waals surface area contributed by atoms with Crippen molar-refractivity contribution in [2.24, 2.45) is 5.73 Å². The molecule has 0 aromatic heterocycles. The monoisotopic (exact) mass is 246 g/mol. The standard InChI is InChI=1S/C14H18N2O2/c1-4-7-16-14(17)9-18-13-6-5-10(2)8-12(13)11(3)15/h1,5-6,8,11H,7,9,15H2,2-3H3,(H,16,17)/t11-/m1/s1. The van der Waals surface area contributed by atoms with E-state index in [0.29, 0.717) is 5.75 Å². The fraction of sp³-hybridized carbons (Fsp3) is 0.357. The number of nitrogens with one attached hydrogen (secondary N) is 1. The molecule has 0 radical (unpaired) electrons. The molecule has 1 rings (SSSR count). The van der Waals surface area contributed by atoms with Gasteiger partial charge in [-0.2, -0.15) is 0 Å². The largest absolute Gasteiger partial charge is 0.483 e. The Hall–Kier alpha value is -1.99. The van der Waals surface area contributed by atoms with Crippen molar-refractivity contribution >= 4 is 5.91 Å². The maximum absolute atomic E-state index is 11.4.